The minimum absolute atomic E-state index is 0.0235. The van der Waals surface area contributed by atoms with Gasteiger partial charge >= 0.3 is 5.97 Å². The van der Waals surface area contributed by atoms with Gasteiger partial charge in [0.05, 0.1) is 18.5 Å². The summed E-state index contributed by atoms with van der Waals surface area (Å²) in [6, 6.07) is 1.65. The standard InChI is InChI=1S/C13H19N3O3/c1-15-7-5-10(14-15)8-12(17)16-6-3-2-4-11(16)9-13(18)19/h5,7,11H,2-4,6,8-9H2,1H3,(H,18,19). The maximum atomic E-state index is 12.3. The molecule has 1 amide bonds. The summed E-state index contributed by atoms with van der Waals surface area (Å²) in [7, 11) is 1.81. The molecule has 1 atom stereocenters. The van der Waals surface area contributed by atoms with Crippen LogP contribution >= 0.6 is 0 Å². The van der Waals surface area contributed by atoms with E-state index in [9.17, 15) is 9.59 Å². The molecule has 6 nitrogen and oxygen atoms in total. The van der Waals surface area contributed by atoms with Crippen LogP contribution in [0.4, 0.5) is 0 Å². The molecule has 1 unspecified atom stereocenters. The number of rotatable bonds is 4. The van der Waals surface area contributed by atoms with Crippen molar-refractivity contribution < 1.29 is 14.7 Å². The van der Waals surface area contributed by atoms with Gasteiger partial charge in [-0.25, -0.2) is 0 Å². The van der Waals surface area contributed by atoms with Crippen LogP contribution in [0, 0.1) is 0 Å². The zero-order chi connectivity index (χ0) is 13.8. The lowest BCUT2D eigenvalue weighted by Crippen LogP contribution is -2.45. The summed E-state index contributed by atoms with van der Waals surface area (Å²) in [4.78, 5) is 24.8. The molecule has 1 fully saturated rings. The predicted molar refractivity (Wildman–Crippen MR) is 68.5 cm³/mol. The molecule has 1 aliphatic rings. The fourth-order valence-electron chi connectivity index (χ4n) is 2.56. The fourth-order valence-corrected chi connectivity index (χ4v) is 2.56. The first kappa shape index (κ1) is 13.6. The maximum Gasteiger partial charge on any atom is 0.305 e. The molecule has 1 aromatic heterocycles. The van der Waals surface area contributed by atoms with E-state index in [-0.39, 0.29) is 24.8 Å². The Morgan fingerprint density at radius 2 is 2.26 bits per heavy atom. The average Bonchev–Trinajstić information content (AvgIpc) is 2.74. The second-order valence-electron chi connectivity index (χ2n) is 4.99. The minimum Gasteiger partial charge on any atom is -0.481 e. The molecular weight excluding hydrogens is 246 g/mol. The third-order valence-electron chi connectivity index (χ3n) is 3.46. The molecule has 1 aromatic rings. The highest BCUT2D eigenvalue weighted by molar-refractivity contribution is 5.79. The molecule has 2 rings (SSSR count). The zero-order valence-corrected chi connectivity index (χ0v) is 11.1. The molecule has 19 heavy (non-hydrogen) atoms. The average molecular weight is 265 g/mol. The van der Waals surface area contributed by atoms with Crippen LogP contribution in [-0.4, -0.2) is 44.3 Å². The molecule has 0 saturated carbocycles. The lowest BCUT2D eigenvalue weighted by molar-refractivity contribution is -0.141. The number of carbonyl (C=O) groups is 2. The quantitative estimate of drug-likeness (QED) is 0.874. The Kier molecular flexibility index (Phi) is 4.19. The summed E-state index contributed by atoms with van der Waals surface area (Å²) in [5.74, 6) is -0.868. The fraction of sp³-hybridized carbons (Fsp3) is 0.615. The van der Waals surface area contributed by atoms with Gasteiger partial charge in [0.15, 0.2) is 0 Å². The largest absolute Gasteiger partial charge is 0.481 e. The summed E-state index contributed by atoms with van der Waals surface area (Å²) in [6.07, 6.45) is 4.80. The second kappa shape index (κ2) is 5.86. The van der Waals surface area contributed by atoms with E-state index in [4.69, 9.17) is 5.11 Å². The Balaban J connectivity index is 2.00. The number of nitrogens with zero attached hydrogens (tertiary/aromatic N) is 3. The normalized spacial score (nSPS) is 19.4. The van der Waals surface area contributed by atoms with Crippen molar-refractivity contribution in [2.24, 2.45) is 7.05 Å². The van der Waals surface area contributed by atoms with E-state index >= 15 is 0 Å². The number of piperidine rings is 1. The Labute approximate surface area is 112 Å². The molecule has 2 heterocycles. The van der Waals surface area contributed by atoms with E-state index in [1.165, 1.54) is 0 Å². The molecule has 1 aliphatic heterocycles. The molecule has 0 aliphatic carbocycles. The number of carboxylic acids is 1. The molecule has 1 saturated heterocycles. The van der Waals surface area contributed by atoms with E-state index in [2.05, 4.69) is 5.10 Å². The second-order valence-corrected chi connectivity index (χ2v) is 4.99. The Morgan fingerprint density at radius 3 is 2.89 bits per heavy atom. The molecule has 0 spiro atoms. The van der Waals surface area contributed by atoms with Crippen LogP contribution in [0.3, 0.4) is 0 Å². The highest BCUT2D eigenvalue weighted by Gasteiger charge is 2.28. The number of amides is 1. The van der Waals surface area contributed by atoms with Crippen molar-refractivity contribution in [1.29, 1.82) is 0 Å². The SMILES string of the molecule is Cn1ccc(CC(=O)N2CCCCC2CC(=O)O)n1. The Morgan fingerprint density at radius 1 is 1.47 bits per heavy atom. The maximum absolute atomic E-state index is 12.3. The monoisotopic (exact) mass is 265 g/mol. The highest BCUT2D eigenvalue weighted by Crippen LogP contribution is 2.20. The lowest BCUT2D eigenvalue weighted by Gasteiger charge is -2.35. The van der Waals surface area contributed by atoms with Gasteiger partial charge in [-0.05, 0) is 25.3 Å². The molecule has 0 radical (unpaired) electrons. The highest BCUT2D eigenvalue weighted by atomic mass is 16.4. The molecule has 104 valence electrons. The van der Waals surface area contributed by atoms with Crippen LogP contribution in [-0.2, 0) is 23.1 Å². The van der Waals surface area contributed by atoms with Crippen LogP contribution in [0.25, 0.3) is 0 Å². The number of hydrogen-bond acceptors (Lipinski definition) is 3. The smallest absolute Gasteiger partial charge is 0.305 e. The van der Waals surface area contributed by atoms with Crippen LogP contribution in [0.5, 0.6) is 0 Å². The first-order valence-corrected chi connectivity index (χ1v) is 6.56. The van der Waals surface area contributed by atoms with Crippen molar-refractivity contribution in [2.45, 2.75) is 38.1 Å². The number of hydrogen-bond donors (Lipinski definition) is 1. The summed E-state index contributed by atoms with van der Waals surface area (Å²) in [6.45, 7) is 0.656. The van der Waals surface area contributed by atoms with Crippen molar-refractivity contribution in [3.05, 3.63) is 18.0 Å². The van der Waals surface area contributed by atoms with Gasteiger partial charge < -0.3 is 10.0 Å². The van der Waals surface area contributed by atoms with Crippen LogP contribution in [0.15, 0.2) is 12.3 Å². The number of aryl methyl sites for hydroxylation is 1. The number of carbonyl (C=O) groups excluding carboxylic acids is 1. The van der Waals surface area contributed by atoms with Gasteiger partial charge in [-0.3, -0.25) is 14.3 Å². The van der Waals surface area contributed by atoms with E-state index in [0.717, 1.165) is 25.0 Å². The van der Waals surface area contributed by atoms with Crippen LogP contribution < -0.4 is 0 Å². The lowest BCUT2D eigenvalue weighted by atomic mass is 9.99. The Hall–Kier alpha value is -1.85. The predicted octanol–water partition coefficient (Wildman–Crippen LogP) is 0.818. The number of aliphatic carboxylic acids is 1. The van der Waals surface area contributed by atoms with Gasteiger partial charge in [0.25, 0.3) is 0 Å². The number of carboxylic acid groups (broad SMARTS) is 1. The summed E-state index contributed by atoms with van der Waals surface area (Å²) in [5, 5.41) is 13.1. The first-order valence-electron chi connectivity index (χ1n) is 6.56. The van der Waals surface area contributed by atoms with E-state index < -0.39 is 5.97 Å². The molecule has 0 aromatic carbocycles. The van der Waals surface area contributed by atoms with Crippen molar-refractivity contribution in [2.75, 3.05) is 6.54 Å². The number of likely N-dealkylation sites (tertiary alicyclic amines) is 1. The summed E-state index contributed by atoms with van der Waals surface area (Å²) in [5.41, 5.74) is 0.729. The first-order chi connectivity index (χ1) is 9.06. The summed E-state index contributed by atoms with van der Waals surface area (Å²) < 4.78 is 1.66. The zero-order valence-electron chi connectivity index (χ0n) is 11.1. The molecule has 0 bridgehead atoms. The molecule has 6 heteroatoms. The van der Waals surface area contributed by atoms with E-state index in [1.807, 2.05) is 13.1 Å². The van der Waals surface area contributed by atoms with Gasteiger partial charge in [0, 0.05) is 25.8 Å². The topological polar surface area (TPSA) is 75.4 Å². The van der Waals surface area contributed by atoms with E-state index in [1.54, 1.807) is 15.8 Å². The van der Waals surface area contributed by atoms with Gasteiger partial charge in [0.1, 0.15) is 0 Å². The van der Waals surface area contributed by atoms with Crippen molar-refractivity contribution in [1.82, 2.24) is 14.7 Å². The van der Waals surface area contributed by atoms with E-state index in [0.29, 0.717) is 6.54 Å². The summed E-state index contributed by atoms with van der Waals surface area (Å²) >= 11 is 0. The van der Waals surface area contributed by atoms with Gasteiger partial charge in [0.2, 0.25) is 5.91 Å². The third kappa shape index (κ3) is 3.56. The van der Waals surface area contributed by atoms with Crippen molar-refractivity contribution in [3.8, 4) is 0 Å². The molecule has 1 N–H and O–H groups in total. The minimum atomic E-state index is -0.845. The van der Waals surface area contributed by atoms with Gasteiger partial charge in [-0.2, -0.15) is 5.10 Å². The number of aromatic nitrogens is 2. The van der Waals surface area contributed by atoms with Gasteiger partial charge in [-0.1, -0.05) is 0 Å². The molecular formula is C13H19N3O3. The van der Waals surface area contributed by atoms with Crippen LogP contribution in [0.2, 0.25) is 0 Å². The van der Waals surface area contributed by atoms with Gasteiger partial charge in [-0.15, -0.1) is 0 Å². The van der Waals surface area contributed by atoms with Crippen LogP contribution in [0.1, 0.15) is 31.4 Å². The van der Waals surface area contributed by atoms with Crippen molar-refractivity contribution in [3.63, 3.8) is 0 Å². The Bertz CT molecular complexity index is 469. The third-order valence-corrected chi connectivity index (χ3v) is 3.46. The van der Waals surface area contributed by atoms with Crippen molar-refractivity contribution >= 4 is 11.9 Å².